The molecule has 0 radical (unpaired) electrons. The Bertz CT molecular complexity index is 269. The monoisotopic (exact) mass is 203 g/mol. The van der Waals surface area contributed by atoms with Crippen molar-refractivity contribution in [1.29, 1.82) is 0 Å². The first kappa shape index (κ1) is 10.4. The summed E-state index contributed by atoms with van der Waals surface area (Å²) >= 11 is 1.01. The van der Waals surface area contributed by atoms with Gasteiger partial charge in [0.1, 0.15) is 6.10 Å². The number of aliphatic hydroxyl groups is 1. The second kappa shape index (κ2) is 4.50. The molecule has 72 valence electrons. The number of halogens is 1. The van der Waals surface area contributed by atoms with Gasteiger partial charge in [-0.15, -0.1) is 0 Å². The Labute approximate surface area is 79.5 Å². The number of hydrogen-bond donors (Lipinski definition) is 2. The molecule has 3 N–H and O–H groups in total. The van der Waals surface area contributed by atoms with Gasteiger partial charge in [-0.25, -0.2) is 14.4 Å². The molecule has 1 aromatic rings. The lowest BCUT2D eigenvalue weighted by Gasteiger charge is -2.13. The molecule has 0 aliphatic carbocycles. The average Bonchev–Trinajstić information content (AvgIpc) is 2.17. The minimum atomic E-state index is -0.865. The van der Waals surface area contributed by atoms with Gasteiger partial charge in [-0.3, -0.25) is 5.14 Å². The van der Waals surface area contributed by atoms with Crippen molar-refractivity contribution in [2.24, 2.45) is 5.14 Å². The lowest BCUT2D eigenvalue weighted by molar-refractivity contribution is 0.169. The number of nitrogens with zero attached hydrogens (tertiary/aromatic N) is 2. The highest BCUT2D eigenvalue weighted by molar-refractivity contribution is 7.97. The van der Waals surface area contributed by atoms with E-state index in [9.17, 15) is 9.50 Å². The van der Waals surface area contributed by atoms with Crippen LogP contribution >= 0.6 is 11.9 Å². The molecule has 0 fully saturated rings. The van der Waals surface area contributed by atoms with Crippen molar-refractivity contribution in [2.45, 2.75) is 18.3 Å². The molecule has 0 aliphatic rings. The molecule has 6 heteroatoms. The predicted molar refractivity (Wildman–Crippen MR) is 48.2 cm³/mol. The maximum atomic E-state index is 12.4. The normalized spacial score (nSPS) is 15.4. The lowest BCUT2D eigenvalue weighted by atomic mass is 10.2. The molecule has 0 saturated heterocycles. The Kier molecular flexibility index (Phi) is 3.58. The first-order valence-electron chi connectivity index (χ1n) is 3.66. The highest BCUT2D eigenvalue weighted by Crippen LogP contribution is 2.19. The standard InChI is InChI=1S/C7H10FN3OS/c1-4(13-9)6(12)7-10-2-5(8)3-11-7/h2-4,6,12H,9H2,1H3. The fourth-order valence-electron chi connectivity index (χ4n) is 0.759. The van der Waals surface area contributed by atoms with E-state index in [-0.39, 0.29) is 11.1 Å². The topological polar surface area (TPSA) is 72.0 Å². The van der Waals surface area contributed by atoms with Crippen molar-refractivity contribution in [3.05, 3.63) is 24.0 Å². The third kappa shape index (κ3) is 2.61. The zero-order chi connectivity index (χ0) is 9.84. The van der Waals surface area contributed by atoms with Crippen LogP contribution in [-0.2, 0) is 0 Å². The van der Waals surface area contributed by atoms with Crippen LogP contribution < -0.4 is 5.14 Å². The van der Waals surface area contributed by atoms with Gasteiger partial charge in [0.2, 0.25) is 0 Å². The van der Waals surface area contributed by atoms with Crippen LogP contribution in [-0.4, -0.2) is 20.3 Å². The van der Waals surface area contributed by atoms with Crippen LogP contribution in [0.15, 0.2) is 12.4 Å². The van der Waals surface area contributed by atoms with Gasteiger partial charge in [-0.2, -0.15) is 0 Å². The quantitative estimate of drug-likeness (QED) is 0.705. The first-order valence-corrected chi connectivity index (χ1v) is 4.60. The summed E-state index contributed by atoms with van der Waals surface area (Å²) < 4.78 is 12.4. The number of hydrogen-bond acceptors (Lipinski definition) is 5. The van der Waals surface area contributed by atoms with Crippen molar-refractivity contribution in [1.82, 2.24) is 9.97 Å². The Morgan fingerprint density at radius 3 is 2.54 bits per heavy atom. The molecule has 0 aliphatic heterocycles. The van der Waals surface area contributed by atoms with Gasteiger partial charge in [0.25, 0.3) is 0 Å². The third-order valence-corrected chi connectivity index (χ3v) is 2.25. The zero-order valence-corrected chi connectivity index (χ0v) is 7.83. The second-order valence-electron chi connectivity index (χ2n) is 2.55. The van der Waals surface area contributed by atoms with Gasteiger partial charge in [0.15, 0.2) is 11.6 Å². The van der Waals surface area contributed by atoms with E-state index in [0.717, 1.165) is 24.3 Å². The summed E-state index contributed by atoms with van der Waals surface area (Å²) in [7, 11) is 0. The smallest absolute Gasteiger partial charge is 0.159 e. The summed E-state index contributed by atoms with van der Waals surface area (Å²) in [5.74, 6) is -0.337. The van der Waals surface area contributed by atoms with Crippen molar-refractivity contribution < 1.29 is 9.50 Å². The minimum absolute atomic E-state index is 0.187. The van der Waals surface area contributed by atoms with Crippen LogP contribution in [0.1, 0.15) is 18.9 Å². The molecule has 0 amide bonds. The molecule has 1 heterocycles. The molecule has 2 unspecified atom stereocenters. The molecule has 0 bridgehead atoms. The van der Waals surface area contributed by atoms with E-state index < -0.39 is 11.9 Å². The van der Waals surface area contributed by atoms with Crippen LogP contribution in [0.3, 0.4) is 0 Å². The predicted octanol–water partition coefficient (Wildman–Crippen LogP) is 0.645. The fourth-order valence-corrected chi connectivity index (χ4v) is 1.03. The Hall–Kier alpha value is -0.720. The summed E-state index contributed by atoms with van der Waals surface area (Å²) in [6, 6.07) is 0. The summed E-state index contributed by atoms with van der Waals surface area (Å²) in [6.07, 6.45) is 1.16. The summed E-state index contributed by atoms with van der Waals surface area (Å²) in [6.45, 7) is 1.74. The number of rotatable bonds is 3. The molecule has 1 rings (SSSR count). The Morgan fingerprint density at radius 1 is 1.54 bits per heavy atom. The van der Waals surface area contributed by atoms with Crippen LogP contribution in [0.2, 0.25) is 0 Å². The summed E-state index contributed by atoms with van der Waals surface area (Å²) in [5.41, 5.74) is 0. The molecule has 2 atom stereocenters. The number of nitrogens with two attached hydrogens (primary N) is 1. The SMILES string of the molecule is CC(SN)C(O)c1ncc(F)cn1. The van der Waals surface area contributed by atoms with Gasteiger partial charge in [-0.05, 0) is 6.92 Å². The van der Waals surface area contributed by atoms with Crippen LogP contribution in [0.5, 0.6) is 0 Å². The highest BCUT2D eigenvalue weighted by atomic mass is 32.2. The maximum Gasteiger partial charge on any atom is 0.159 e. The Balaban J connectivity index is 2.77. The van der Waals surface area contributed by atoms with E-state index in [1.54, 1.807) is 6.92 Å². The van der Waals surface area contributed by atoms with E-state index in [1.165, 1.54) is 0 Å². The molecule has 1 aromatic heterocycles. The molecular formula is C7H10FN3OS. The Morgan fingerprint density at radius 2 is 2.08 bits per heavy atom. The highest BCUT2D eigenvalue weighted by Gasteiger charge is 2.18. The van der Waals surface area contributed by atoms with Crippen molar-refractivity contribution in [3.8, 4) is 0 Å². The van der Waals surface area contributed by atoms with Gasteiger partial charge in [0, 0.05) is 5.25 Å². The van der Waals surface area contributed by atoms with E-state index in [4.69, 9.17) is 5.14 Å². The minimum Gasteiger partial charge on any atom is -0.384 e. The molecule has 0 saturated carbocycles. The van der Waals surface area contributed by atoms with E-state index in [0.29, 0.717) is 0 Å². The molecular weight excluding hydrogens is 193 g/mol. The van der Waals surface area contributed by atoms with E-state index in [2.05, 4.69) is 9.97 Å². The molecule has 0 spiro atoms. The molecule has 13 heavy (non-hydrogen) atoms. The van der Waals surface area contributed by atoms with Crippen LogP contribution in [0.4, 0.5) is 4.39 Å². The second-order valence-corrected chi connectivity index (χ2v) is 3.56. The van der Waals surface area contributed by atoms with Crippen LogP contribution in [0, 0.1) is 5.82 Å². The third-order valence-electron chi connectivity index (χ3n) is 1.56. The average molecular weight is 203 g/mol. The van der Waals surface area contributed by atoms with Crippen molar-refractivity contribution >= 4 is 11.9 Å². The lowest BCUT2D eigenvalue weighted by Crippen LogP contribution is -2.16. The van der Waals surface area contributed by atoms with Gasteiger partial charge >= 0.3 is 0 Å². The van der Waals surface area contributed by atoms with Crippen molar-refractivity contribution in [3.63, 3.8) is 0 Å². The van der Waals surface area contributed by atoms with E-state index in [1.807, 2.05) is 0 Å². The summed E-state index contributed by atoms with van der Waals surface area (Å²) in [4.78, 5) is 7.28. The molecule has 0 aromatic carbocycles. The largest absolute Gasteiger partial charge is 0.384 e. The number of aromatic nitrogens is 2. The van der Waals surface area contributed by atoms with E-state index >= 15 is 0 Å². The first-order chi connectivity index (χ1) is 6.15. The van der Waals surface area contributed by atoms with Crippen molar-refractivity contribution in [2.75, 3.05) is 0 Å². The van der Waals surface area contributed by atoms with Gasteiger partial charge < -0.3 is 5.11 Å². The molecule has 4 nitrogen and oxygen atoms in total. The summed E-state index contributed by atoms with van der Waals surface area (Å²) in [5, 5.41) is 14.6. The fraction of sp³-hybridized carbons (Fsp3) is 0.429. The maximum absolute atomic E-state index is 12.4. The van der Waals surface area contributed by atoms with Gasteiger partial charge in [0.05, 0.1) is 12.4 Å². The van der Waals surface area contributed by atoms with Gasteiger partial charge in [-0.1, -0.05) is 11.9 Å². The number of aliphatic hydroxyl groups excluding tert-OH is 1. The van der Waals surface area contributed by atoms with Crippen LogP contribution in [0.25, 0.3) is 0 Å². The zero-order valence-electron chi connectivity index (χ0n) is 7.01.